The smallest absolute Gasteiger partial charge is 0.143 e. The van der Waals surface area contributed by atoms with Crippen LogP contribution in [0.25, 0.3) is 0 Å². The summed E-state index contributed by atoms with van der Waals surface area (Å²) < 4.78 is 5.30. The second-order valence-electron chi connectivity index (χ2n) is 4.28. The Hall–Kier alpha value is -0.410. The molecule has 0 radical (unpaired) electrons. The number of ether oxygens (including phenoxy) is 1. The van der Waals surface area contributed by atoms with E-state index in [0.29, 0.717) is 6.54 Å². The van der Waals surface area contributed by atoms with Gasteiger partial charge in [-0.25, -0.2) is 0 Å². The highest BCUT2D eigenvalue weighted by molar-refractivity contribution is 5.77. The summed E-state index contributed by atoms with van der Waals surface area (Å²) in [4.78, 5) is 13.0. The van der Waals surface area contributed by atoms with Crippen molar-refractivity contribution in [1.29, 1.82) is 0 Å². The molecule has 0 aromatic heterocycles. The van der Waals surface area contributed by atoms with Crippen LogP contribution < -0.4 is 0 Å². The highest BCUT2D eigenvalue weighted by Crippen LogP contribution is 2.18. The Morgan fingerprint density at radius 3 is 2.64 bits per heavy atom. The van der Waals surface area contributed by atoms with Crippen LogP contribution in [-0.4, -0.2) is 44.0 Å². The van der Waals surface area contributed by atoms with Gasteiger partial charge in [0.15, 0.2) is 0 Å². The lowest BCUT2D eigenvalue weighted by molar-refractivity contribution is -0.117. The molecule has 0 unspecified atom stereocenters. The fraction of sp³-hybridized carbons (Fsp3) is 0.909. The van der Waals surface area contributed by atoms with Crippen LogP contribution in [0.3, 0.4) is 0 Å². The second-order valence-corrected chi connectivity index (χ2v) is 4.28. The van der Waals surface area contributed by atoms with E-state index < -0.39 is 0 Å². The molecule has 0 saturated carbocycles. The second kappa shape index (κ2) is 6.14. The van der Waals surface area contributed by atoms with Crippen molar-refractivity contribution < 1.29 is 9.53 Å². The van der Waals surface area contributed by atoms with Gasteiger partial charge in [-0.2, -0.15) is 0 Å². The van der Waals surface area contributed by atoms with Crippen LogP contribution >= 0.6 is 0 Å². The van der Waals surface area contributed by atoms with Crippen molar-refractivity contribution in [2.24, 2.45) is 5.92 Å². The Bertz CT molecular complexity index is 176. The first-order valence-electron chi connectivity index (χ1n) is 5.44. The minimum Gasteiger partial charge on any atom is -0.381 e. The molecule has 1 aliphatic heterocycles. The molecule has 1 saturated heterocycles. The summed E-state index contributed by atoms with van der Waals surface area (Å²) in [5.74, 6) is 1.05. The topological polar surface area (TPSA) is 29.5 Å². The van der Waals surface area contributed by atoms with Crippen molar-refractivity contribution in [1.82, 2.24) is 4.90 Å². The summed E-state index contributed by atoms with van der Waals surface area (Å²) in [6.45, 7) is 5.10. The van der Waals surface area contributed by atoms with E-state index in [2.05, 4.69) is 4.90 Å². The standard InChI is InChI=1S/C11H21NO2/c1-10(13)9-12(2)6-3-11-4-7-14-8-5-11/h11H,3-9H2,1-2H3. The molecule has 0 aromatic rings. The van der Waals surface area contributed by atoms with Gasteiger partial charge in [-0.1, -0.05) is 0 Å². The molecule has 1 heterocycles. The van der Waals surface area contributed by atoms with E-state index in [-0.39, 0.29) is 5.78 Å². The van der Waals surface area contributed by atoms with Gasteiger partial charge in [0.25, 0.3) is 0 Å². The van der Waals surface area contributed by atoms with E-state index in [9.17, 15) is 4.79 Å². The normalized spacial score (nSPS) is 18.8. The number of nitrogens with zero attached hydrogens (tertiary/aromatic N) is 1. The molecular weight excluding hydrogens is 178 g/mol. The molecule has 0 atom stereocenters. The van der Waals surface area contributed by atoms with Crippen LogP contribution in [0.4, 0.5) is 0 Å². The maximum Gasteiger partial charge on any atom is 0.143 e. The van der Waals surface area contributed by atoms with Gasteiger partial charge in [0.2, 0.25) is 0 Å². The highest BCUT2D eigenvalue weighted by atomic mass is 16.5. The molecule has 1 rings (SSSR count). The quantitative estimate of drug-likeness (QED) is 0.669. The molecule has 14 heavy (non-hydrogen) atoms. The summed E-state index contributed by atoms with van der Waals surface area (Å²) in [5, 5.41) is 0. The molecule has 0 aromatic carbocycles. The number of Topliss-reactive ketones (excluding diaryl/α,β-unsaturated/α-hetero) is 1. The number of ketones is 1. The van der Waals surface area contributed by atoms with Crippen molar-refractivity contribution in [3.8, 4) is 0 Å². The van der Waals surface area contributed by atoms with Gasteiger partial charge in [-0.15, -0.1) is 0 Å². The zero-order valence-electron chi connectivity index (χ0n) is 9.29. The molecule has 82 valence electrons. The Balaban J connectivity index is 2.09. The first-order chi connectivity index (χ1) is 6.68. The molecule has 0 bridgehead atoms. The molecule has 0 amide bonds. The van der Waals surface area contributed by atoms with Crippen molar-refractivity contribution in [2.45, 2.75) is 26.2 Å². The SMILES string of the molecule is CC(=O)CN(C)CCC1CCOCC1. The number of hydrogen-bond acceptors (Lipinski definition) is 3. The number of rotatable bonds is 5. The summed E-state index contributed by atoms with van der Waals surface area (Å²) in [5.41, 5.74) is 0. The Morgan fingerprint density at radius 2 is 2.07 bits per heavy atom. The summed E-state index contributed by atoms with van der Waals surface area (Å²) in [7, 11) is 2.01. The lowest BCUT2D eigenvalue weighted by Gasteiger charge is -2.24. The van der Waals surface area contributed by atoms with Crippen LogP contribution in [0.1, 0.15) is 26.2 Å². The Morgan fingerprint density at radius 1 is 1.43 bits per heavy atom. The van der Waals surface area contributed by atoms with Crippen molar-refractivity contribution >= 4 is 5.78 Å². The number of likely N-dealkylation sites (N-methyl/N-ethyl adjacent to an activating group) is 1. The van der Waals surface area contributed by atoms with Crippen molar-refractivity contribution in [3.05, 3.63) is 0 Å². The zero-order chi connectivity index (χ0) is 10.4. The first kappa shape index (κ1) is 11.7. The Kier molecular flexibility index (Phi) is 5.12. The molecule has 0 N–H and O–H groups in total. The monoisotopic (exact) mass is 199 g/mol. The summed E-state index contributed by atoms with van der Waals surface area (Å²) in [6.07, 6.45) is 3.58. The third-order valence-electron chi connectivity index (χ3n) is 2.75. The van der Waals surface area contributed by atoms with E-state index in [1.807, 2.05) is 7.05 Å². The van der Waals surface area contributed by atoms with E-state index in [1.165, 1.54) is 19.3 Å². The fourth-order valence-electron chi connectivity index (χ4n) is 1.90. The van der Waals surface area contributed by atoms with Crippen LogP contribution in [0.5, 0.6) is 0 Å². The molecular formula is C11H21NO2. The third kappa shape index (κ3) is 4.72. The highest BCUT2D eigenvalue weighted by Gasteiger charge is 2.14. The van der Waals surface area contributed by atoms with Crippen LogP contribution in [0.15, 0.2) is 0 Å². The molecule has 3 heteroatoms. The maximum atomic E-state index is 10.8. The van der Waals surface area contributed by atoms with E-state index in [0.717, 1.165) is 25.7 Å². The molecule has 0 spiro atoms. The largest absolute Gasteiger partial charge is 0.381 e. The molecule has 3 nitrogen and oxygen atoms in total. The third-order valence-corrected chi connectivity index (χ3v) is 2.75. The minimum atomic E-state index is 0.250. The maximum absolute atomic E-state index is 10.8. The molecule has 1 fully saturated rings. The fourth-order valence-corrected chi connectivity index (χ4v) is 1.90. The van der Waals surface area contributed by atoms with Crippen LogP contribution in [0, 0.1) is 5.92 Å². The minimum absolute atomic E-state index is 0.250. The van der Waals surface area contributed by atoms with E-state index in [1.54, 1.807) is 6.92 Å². The van der Waals surface area contributed by atoms with Gasteiger partial charge in [0, 0.05) is 13.2 Å². The van der Waals surface area contributed by atoms with Crippen molar-refractivity contribution in [2.75, 3.05) is 33.4 Å². The van der Waals surface area contributed by atoms with Crippen LogP contribution in [-0.2, 0) is 9.53 Å². The van der Waals surface area contributed by atoms with E-state index >= 15 is 0 Å². The van der Waals surface area contributed by atoms with Crippen LogP contribution in [0.2, 0.25) is 0 Å². The predicted molar refractivity (Wildman–Crippen MR) is 56.3 cm³/mol. The number of carbonyl (C=O) groups is 1. The number of carbonyl (C=O) groups excluding carboxylic acids is 1. The molecule has 0 aliphatic carbocycles. The van der Waals surface area contributed by atoms with Gasteiger partial charge in [-0.3, -0.25) is 9.69 Å². The van der Waals surface area contributed by atoms with E-state index in [4.69, 9.17) is 4.74 Å². The number of hydrogen-bond donors (Lipinski definition) is 0. The summed E-state index contributed by atoms with van der Waals surface area (Å²) >= 11 is 0. The molecule has 1 aliphatic rings. The Labute approximate surface area is 86.4 Å². The first-order valence-corrected chi connectivity index (χ1v) is 5.44. The summed E-state index contributed by atoms with van der Waals surface area (Å²) in [6, 6.07) is 0. The van der Waals surface area contributed by atoms with Crippen molar-refractivity contribution in [3.63, 3.8) is 0 Å². The average molecular weight is 199 g/mol. The van der Waals surface area contributed by atoms with Gasteiger partial charge < -0.3 is 4.74 Å². The average Bonchev–Trinajstić information content (AvgIpc) is 2.15. The zero-order valence-corrected chi connectivity index (χ0v) is 9.29. The lowest BCUT2D eigenvalue weighted by Crippen LogP contribution is -2.28. The van der Waals surface area contributed by atoms with Gasteiger partial charge >= 0.3 is 0 Å². The van der Waals surface area contributed by atoms with Gasteiger partial charge in [0.1, 0.15) is 5.78 Å². The van der Waals surface area contributed by atoms with Gasteiger partial charge in [0.05, 0.1) is 6.54 Å². The van der Waals surface area contributed by atoms with Gasteiger partial charge in [-0.05, 0) is 45.7 Å². The lowest BCUT2D eigenvalue weighted by atomic mass is 9.96. The predicted octanol–water partition coefficient (Wildman–Crippen LogP) is 1.32.